The summed E-state index contributed by atoms with van der Waals surface area (Å²) in [6.45, 7) is 6.43. The Labute approximate surface area is 164 Å². The van der Waals surface area contributed by atoms with Gasteiger partial charge in [-0.05, 0) is 44.2 Å². The third-order valence-corrected chi connectivity index (χ3v) is 5.05. The average molecular weight is 383 g/mol. The molecule has 6 heteroatoms. The first kappa shape index (κ1) is 19.8. The number of benzene rings is 2. The molecule has 28 heavy (non-hydrogen) atoms. The molecule has 0 bridgehead atoms. The van der Waals surface area contributed by atoms with Gasteiger partial charge in [0.05, 0.1) is 32.9 Å². The number of quaternary nitrogens is 1. The van der Waals surface area contributed by atoms with Crippen LogP contribution in [-0.4, -0.2) is 33.1 Å². The monoisotopic (exact) mass is 383 g/mol. The van der Waals surface area contributed by atoms with Crippen LogP contribution in [0.2, 0.25) is 0 Å². The highest BCUT2D eigenvalue weighted by Crippen LogP contribution is 2.39. The second-order valence-corrected chi connectivity index (χ2v) is 6.60. The molecule has 0 spiro atoms. The highest BCUT2D eigenvalue weighted by atomic mass is 16.5. The largest absolute Gasteiger partial charge is 0.872 e. The predicted octanol–water partition coefficient (Wildman–Crippen LogP) is 1.82. The van der Waals surface area contributed by atoms with Crippen molar-refractivity contribution in [2.24, 2.45) is 0 Å². The molecule has 148 valence electrons. The maximum Gasteiger partial charge on any atom is 0.231 e. The molecule has 6 nitrogen and oxygen atoms in total. The van der Waals surface area contributed by atoms with Crippen molar-refractivity contribution in [2.45, 2.75) is 20.4 Å². The number of allylic oxidation sites excluding steroid dienone is 1. The van der Waals surface area contributed by atoms with E-state index < -0.39 is 0 Å². The zero-order chi connectivity index (χ0) is 20.3. The first-order chi connectivity index (χ1) is 13.5. The van der Waals surface area contributed by atoms with E-state index in [9.17, 15) is 9.90 Å². The van der Waals surface area contributed by atoms with Gasteiger partial charge in [-0.3, -0.25) is 4.79 Å². The second kappa shape index (κ2) is 8.35. The number of rotatable bonds is 7. The van der Waals surface area contributed by atoms with Crippen molar-refractivity contribution in [2.75, 3.05) is 27.3 Å². The fourth-order valence-corrected chi connectivity index (χ4v) is 3.30. The van der Waals surface area contributed by atoms with Crippen molar-refractivity contribution in [3.05, 3.63) is 52.8 Å². The van der Waals surface area contributed by atoms with E-state index in [0.29, 0.717) is 40.5 Å². The molecule has 2 aromatic carbocycles. The third kappa shape index (κ3) is 3.68. The van der Waals surface area contributed by atoms with E-state index in [1.807, 2.05) is 0 Å². The Balaban J connectivity index is 2.01. The minimum atomic E-state index is -0.240. The molecule has 1 N–H and O–H groups in total. The van der Waals surface area contributed by atoms with Gasteiger partial charge in [-0.15, -0.1) is 0 Å². The lowest BCUT2D eigenvalue weighted by molar-refractivity contribution is -0.910. The van der Waals surface area contributed by atoms with Crippen LogP contribution < -0.4 is 24.2 Å². The number of ether oxygens (including phenoxy) is 3. The van der Waals surface area contributed by atoms with Crippen LogP contribution in [0.25, 0.3) is 6.08 Å². The number of nitrogens with one attached hydrogen (secondary N) is 1. The highest BCUT2D eigenvalue weighted by molar-refractivity contribution is 6.15. The first-order valence-electron chi connectivity index (χ1n) is 9.35. The Hall–Kier alpha value is -2.99. The molecule has 0 amide bonds. The van der Waals surface area contributed by atoms with Crippen molar-refractivity contribution in [1.29, 1.82) is 0 Å². The summed E-state index contributed by atoms with van der Waals surface area (Å²) in [5, 5.41) is 12.4. The lowest BCUT2D eigenvalue weighted by atomic mass is 10.0. The van der Waals surface area contributed by atoms with Gasteiger partial charge in [0.2, 0.25) is 5.78 Å². The van der Waals surface area contributed by atoms with E-state index in [-0.39, 0.29) is 17.3 Å². The number of Topliss-reactive ketones (excluding diaryl/α,β-unsaturated/α-hetero) is 1. The van der Waals surface area contributed by atoms with Crippen LogP contribution in [0.1, 0.15) is 35.3 Å². The third-order valence-electron chi connectivity index (χ3n) is 5.05. The molecule has 0 aromatic heterocycles. The zero-order valence-electron chi connectivity index (χ0n) is 16.6. The quantitative estimate of drug-likeness (QED) is 0.739. The van der Waals surface area contributed by atoms with E-state index in [0.717, 1.165) is 13.1 Å². The van der Waals surface area contributed by atoms with Gasteiger partial charge in [-0.2, -0.15) is 0 Å². The summed E-state index contributed by atoms with van der Waals surface area (Å²) in [6.07, 6.45) is 1.63. The van der Waals surface area contributed by atoms with Gasteiger partial charge in [0.1, 0.15) is 23.8 Å². The number of carbonyl (C=O) groups excluding carboxylic acids is 1. The van der Waals surface area contributed by atoms with Crippen LogP contribution in [0.15, 0.2) is 36.1 Å². The van der Waals surface area contributed by atoms with Crippen molar-refractivity contribution < 1.29 is 29.0 Å². The molecule has 0 atom stereocenters. The van der Waals surface area contributed by atoms with Gasteiger partial charge < -0.3 is 24.2 Å². The molecule has 0 saturated heterocycles. The number of hydrogen-bond acceptors (Lipinski definition) is 5. The number of hydrogen-bond donors (Lipinski definition) is 1. The standard InChI is InChI=1S/C22H25NO5/c1-5-23(6-2)13-17-18(24)9-8-16-21(25)20(28-22(16)17)12-14-11-15(26-3)7-10-19(14)27-4/h7-12,24H,5-6,13H2,1-4H3/b20-12-. The summed E-state index contributed by atoms with van der Waals surface area (Å²) in [5.41, 5.74) is 1.64. The molecule has 0 aliphatic carbocycles. The Morgan fingerprint density at radius 1 is 1.11 bits per heavy atom. The van der Waals surface area contributed by atoms with Crippen LogP contribution in [0, 0.1) is 0 Å². The number of carbonyl (C=O) groups is 1. The van der Waals surface area contributed by atoms with Gasteiger partial charge in [0, 0.05) is 11.1 Å². The molecule has 3 rings (SSSR count). The van der Waals surface area contributed by atoms with E-state index in [2.05, 4.69) is 13.8 Å². The Morgan fingerprint density at radius 3 is 2.50 bits per heavy atom. The zero-order valence-corrected chi connectivity index (χ0v) is 16.6. The van der Waals surface area contributed by atoms with Crippen molar-refractivity contribution in [1.82, 2.24) is 0 Å². The van der Waals surface area contributed by atoms with Crippen LogP contribution in [0.4, 0.5) is 0 Å². The minimum absolute atomic E-state index is 0.105. The van der Waals surface area contributed by atoms with Gasteiger partial charge in [-0.1, -0.05) is 11.8 Å². The Kier molecular flexibility index (Phi) is 5.90. The maximum atomic E-state index is 12.9. The summed E-state index contributed by atoms with van der Waals surface area (Å²) >= 11 is 0. The number of ketones is 1. The fourth-order valence-electron chi connectivity index (χ4n) is 3.30. The summed E-state index contributed by atoms with van der Waals surface area (Å²) in [4.78, 5) is 14.1. The van der Waals surface area contributed by atoms with Crippen molar-refractivity contribution in [3.8, 4) is 23.0 Å². The van der Waals surface area contributed by atoms with Crippen LogP contribution in [-0.2, 0) is 6.54 Å². The van der Waals surface area contributed by atoms with Gasteiger partial charge in [0.25, 0.3) is 0 Å². The second-order valence-electron chi connectivity index (χ2n) is 6.60. The molecule has 0 saturated carbocycles. The van der Waals surface area contributed by atoms with E-state index in [4.69, 9.17) is 14.2 Å². The molecule has 0 fully saturated rings. The first-order valence-corrected chi connectivity index (χ1v) is 9.35. The smallest absolute Gasteiger partial charge is 0.231 e. The van der Waals surface area contributed by atoms with Crippen molar-refractivity contribution >= 4 is 11.9 Å². The van der Waals surface area contributed by atoms with E-state index >= 15 is 0 Å². The molecule has 2 aromatic rings. The molecular weight excluding hydrogens is 358 g/mol. The van der Waals surface area contributed by atoms with Crippen LogP contribution >= 0.6 is 0 Å². The Bertz CT molecular complexity index is 915. The van der Waals surface area contributed by atoms with Gasteiger partial charge >= 0.3 is 0 Å². The van der Waals surface area contributed by atoms with E-state index in [1.54, 1.807) is 44.6 Å². The molecule has 1 heterocycles. The minimum Gasteiger partial charge on any atom is -0.872 e. The SMILES string of the molecule is CC[NH+](CC)Cc1c([O-])ccc2c1O/C(=C\c1cc(OC)ccc1OC)C2=O. The van der Waals surface area contributed by atoms with E-state index in [1.165, 1.54) is 11.0 Å². The van der Waals surface area contributed by atoms with Gasteiger partial charge in [-0.25, -0.2) is 0 Å². The summed E-state index contributed by atoms with van der Waals surface area (Å²) in [5.74, 6) is 1.44. The number of methoxy groups -OCH3 is 2. The Morgan fingerprint density at radius 2 is 1.86 bits per heavy atom. The molecule has 0 unspecified atom stereocenters. The maximum absolute atomic E-state index is 12.9. The van der Waals surface area contributed by atoms with Gasteiger partial charge in [0.15, 0.2) is 5.76 Å². The highest BCUT2D eigenvalue weighted by Gasteiger charge is 2.31. The lowest BCUT2D eigenvalue weighted by Crippen LogP contribution is -3.10. The molecule has 1 aliphatic heterocycles. The summed E-state index contributed by atoms with van der Waals surface area (Å²) in [6, 6.07) is 8.31. The summed E-state index contributed by atoms with van der Waals surface area (Å²) < 4.78 is 16.5. The van der Waals surface area contributed by atoms with Crippen LogP contribution in [0.5, 0.6) is 23.0 Å². The molecule has 1 aliphatic rings. The predicted molar refractivity (Wildman–Crippen MR) is 104 cm³/mol. The number of fused-ring (bicyclic) bond motifs is 1. The fraction of sp³-hybridized carbons (Fsp3) is 0.318. The lowest BCUT2D eigenvalue weighted by Gasteiger charge is -2.21. The topological polar surface area (TPSA) is 72.3 Å². The normalized spacial score (nSPS) is 14.3. The van der Waals surface area contributed by atoms with Crippen LogP contribution in [0.3, 0.4) is 0 Å². The molecule has 0 radical (unpaired) electrons. The summed E-state index contributed by atoms with van der Waals surface area (Å²) in [7, 11) is 3.13. The average Bonchev–Trinajstić information content (AvgIpc) is 3.03. The van der Waals surface area contributed by atoms with Crippen molar-refractivity contribution in [3.63, 3.8) is 0 Å². The molecular formula is C22H25NO5.